The second-order valence-electron chi connectivity index (χ2n) is 5.50. The van der Waals surface area contributed by atoms with Gasteiger partial charge in [-0.25, -0.2) is 4.79 Å². The average Bonchev–Trinajstić information content (AvgIpc) is 2.10. The van der Waals surface area contributed by atoms with E-state index in [9.17, 15) is 4.79 Å². The number of carbonyl (C=O) groups is 1. The van der Waals surface area contributed by atoms with Crippen LogP contribution >= 0.6 is 0 Å². The molecule has 1 atom stereocenters. The van der Waals surface area contributed by atoms with E-state index in [0.29, 0.717) is 13.1 Å². The summed E-state index contributed by atoms with van der Waals surface area (Å²) in [5, 5.41) is 0. The fraction of sp³-hybridized carbons (Fsp3) is 0.750. The number of nitrogens with zero attached hydrogens (tertiary/aromatic N) is 1. The van der Waals surface area contributed by atoms with Crippen molar-refractivity contribution < 1.29 is 9.53 Å². The largest absolute Gasteiger partial charge is 0.444 e. The topological polar surface area (TPSA) is 55.6 Å². The van der Waals surface area contributed by atoms with Crippen LogP contribution in [0.2, 0.25) is 0 Å². The van der Waals surface area contributed by atoms with Crippen LogP contribution in [-0.4, -0.2) is 29.7 Å². The quantitative estimate of drug-likeness (QED) is 0.688. The molecule has 0 fully saturated rings. The van der Waals surface area contributed by atoms with Crippen LogP contribution in [0.4, 0.5) is 4.79 Å². The van der Waals surface area contributed by atoms with Crippen LogP contribution in [-0.2, 0) is 4.74 Å². The van der Waals surface area contributed by atoms with Gasteiger partial charge >= 0.3 is 6.09 Å². The summed E-state index contributed by atoms with van der Waals surface area (Å²) in [7, 11) is 0. The number of rotatable bonds is 0. The maximum absolute atomic E-state index is 11.9. The maximum Gasteiger partial charge on any atom is 0.410 e. The van der Waals surface area contributed by atoms with Gasteiger partial charge < -0.3 is 15.4 Å². The first-order valence-corrected chi connectivity index (χ1v) is 5.63. The number of nitrogens with two attached hydrogens (primary N) is 1. The van der Waals surface area contributed by atoms with Gasteiger partial charge in [-0.3, -0.25) is 0 Å². The average molecular weight is 226 g/mol. The SMILES string of the molecule is CC1=C(N)C(C)CN(C(=O)OC(C)(C)C)C1. The summed E-state index contributed by atoms with van der Waals surface area (Å²) in [5.41, 5.74) is 7.43. The number of hydrogen-bond acceptors (Lipinski definition) is 3. The van der Waals surface area contributed by atoms with E-state index in [1.807, 2.05) is 34.6 Å². The Morgan fingerprint density at radius 1 is 1.50 bits per heavy atom. The van der Waals surface area contributed by atoms with Crippen molar-refractivity contribution in [3.8, 4) is 0 Å². The van der Waals surface area contributed by atoms with E-state index < -0.39 is 5.60 Å². The number of ether oxygens (including phenoxy) is 1. The Morgan fingerprint density at radius 3 is 2.50 bits per heavy atom. The van der Waals surface area contributed by atoms with Crippen molar-refractivity contribution >= 4 is 6.09 Å². The standard InChI is InChI=1S/C12H22N2O2/c1-8-6-14(7-9(2)10(8)13)11(15)16-12(3,4)5/h8H,6-7,13H2,1-5H3. The van der Waals surface area contributed by atoms with Crippen LogP contribution in [0.25, 0.3) is 0 Å². The second kappa shape index (κ2) is 4.36. The summed E-state index contributed by atoms with van der Waals surface area (Å²) in [4.78, 5) is 13.6. The van der Waals surface area contributed by atoms with Crippen LogP contribution in [0.1, 0.15) is 34.6 Å². The summed E-state index contributed by atoms with van der Waals surface area (Å²) in [6.45, 7) is 10.8. The van der Waals surface area contributed by atoms with E-state index in [0.717, 1.165) is 11.3 Å². The van der Waals surface area contributed by atoms with Crippen molar-refractivity contribution in [2.75, 3.05) is 13.1 Å². The molecule has 0 bridgehead atoms. The molecule has 0 saturated heterocycles. The number of carbonyl (C=O) groups excluding carboxylic acids is 1. The first-order valence-electron chi connectivity index (χ1n) is 5.63. The molecule has 1 aliphatic rings. The molecule has 92 valence electrons. The van der Waals surface area contributed by atoms with Crippen LogP contribution < -0.4 is 5.73 Å². The van der Waals surface area contributed by atoms with Gasteiger partial charge in [-0.1, -0.05) is 6.92 Å². The molecule has 4 nitrogen and oxygen atoms in total. The van der Waals surface area contributed by atoms with Gasteiger partial charge in [-0.05, 0) is 33.3 Å². The molecule has 1 unspecified atom stereocenters. The molecular weight excluding hydrogens is 204 g/mol. The monoisotopic (exact) mass is 226 g/mol. The third kappa shape index (κ3) is 3.15. The molecule has 1 aliphatic heterocycles. The Kier molecular flexibility index (Phi) is 3.51. The van der Waals surface area contributed by atoms with Gasteiger partial charge in [0.1, 0.15) is 5.60 Å². The number of amides is 1. The Hall–Kier alpha value is -1.19. The normalized spacial score (nSPS) is 22.3. The van der Waals surface area contributed by atoms with Gasteiger partial charge in [-0.15, -0.1) is 0 Å². The Labute approximate surface area is 97.4 Å². The lowest BCUT2D eigenvalue weighted by Crippen LogP contribution is -2.44. The van der Waals surface area contributed by atoms with E-state index in [2.05, 4.69) is 0 Å². The zero-order valence-corrected chi connectivity index (χ0v) is 10.8. The third-order valence-corrected chi connectivity index (χ3v) is 2.60. The molecule has 0 aromatic heterocycles. The predicted octanol–water partition coefficient (Wildman–Crippen LogP) is 2.11. The summed E-state index contributed by atoms with van der Waals surface area (Å²) in [5.74, 6) is 0.210. The highest BCUT2D eigenvalue weighted by molar-refractivity contribution is 5.69. The van der Waals surface area contributed by atoms with Crippen molar-refractivity contribution in [1.29, 1.82) is 0 Å². The lowest BCUT2D eigenvalue weighted by Gasteiger charge is -2.33. The van der Waals surface area contributed by atoms with Crippen molar-refractivity contribution in [3.05, 3.63) is 11.3 Å². The molecule has 4 heteroatoms. The van der Waals surface area contributed by atoms with Crippen LogP contribution in [0.5, 0.6) is 0 Å². The van der Waals surface area contributed by atoms with Gasteiger partial charge in [-0.2, -0.15) is 0 Å². The molecule has 1 amide bonds. The van der Waals surface area contributed by atoms with Crippen molar-refractivity contribution in [1.82, 2.24) is 4.90 Å². The molecule has 0 saturated carbocycles. The molecule has 16 heavy (non-hydrogen) atoms. The van der Waals surface area contributed by atoms with Crippen molar-refractivity contribution in [2.45, 2.75) is 40.2 Å². The highest BCUT2D eigenvalue weighted by Crippen LogP contribution is 2.21. The van der Waals surface area contributed by atoms with Gasteiger partial charge in [0.15, 0.2) is 0 Å². The minimum atomic E-state index is -0.444. The summed E-state index contributed by atoms with van der Waals surface area (Å²) >= 11 is 0. The molecule has 2 N–H and O–H groups in total. The molecule has 1 rings (SSSR count). The molecule has 1 heterocycles. The van der Waals surface area contributed by atoms with Crippen molar-refractivity contribution in [2.24, 2.45) is 11.7 Å². The van der Waals surface area contributed by atoms with Gasteiger partial charge in [0.25, 0.3) is 0 Å². The zero-order valence-electron chi connectivity index (χ0n) is 10.8. The predicted molar refractivity (Wildman–Crippen MR) is 63.9 cm³/mol. The minimum absolute atomic E-state index is 0.210. The molecule has 0 aromatic rings. The highest BCUT2D eigenvalue weighted by atomic mass is 16.6. The Morgan fingerprint density at radius 2 is 2.06 bits per heavy atom. The first kappa shape index (κ1) is 12.9. The lowest BCUT2D eigenvalue weighted by atomic mass is 9.99. The molecule has 0 aromatic carbocycles. The van der Waals surface area contributed by atoms with Crippen LogP contribution in [0.15, 0.2) is 11.3 Å². The Balaban J connectivity index is 2.68. The van der Waals surface area contributed by atoms with E-state index in [1.165, 1.54) is 0 Å². The molecule has 0 radical (unpaired) electrons. The maximum atomic E-state index is 11.9. The Bertz CT molecular complexity index is 315. The molecule has 0 spiro atoms. The third-order valence-electron chi connectivity index (χ3n) is 2.60. The van der Waals surface area contributed by atoms with Crippen LogP contribution in [0.3, 0.4) is 0 Å². The lowest BCUT2D eigenvalue weighted by molar-refractivity contribution is 0.0236. The summed E-state index contributed by atoms with van der Waals surface area (Å²) in [6.07, 6.45) is -0.258. The van der Waals surface area contributed by atoms with Crippen molar-refractivity contribution in [3.63, 3.8) is 0 Å². The van der Waals surface area contributed by atoms with E-state index in [-0.39, 0.29) is 12.0 Å². The van der Waals surface area contributed by atoms with Gasteiger partial charge in [0, 0.05) is 24.7 Å². The van der Waals surface area contributed by atoms with Gasteiger partial charge in [0.2, 0.25) is 0 Å². The van der Waals surface area contributed by atoms with E-state index >= 15 is 0 Å². The number of hydrogen-bond donors (Lipinski definition) is 1. The van der Waals surface area contributed by atoms with Crippen LogP contribution in [0, 0.1) is 5.92 Å². The zero-order chi connectivity index (χ0) is 12.5. The summed E-state index contributed by atoms with van der Waals surface area (Å²) < 4.78 is 5.33. The van der Waals surface area contributed by atoms with E-state index in [4.69, 9.17) is 10.5 Å². The fourth-order valence-corrected chi connectivity index (χ4v) is 1.76. The molecule has 0 aliphatic carbocycles. The molecular formula is C12H22N2O2. The second-order valence-corrected chi connectivity index (χ2v) is 5.50. The minimum Gasteiger partial charge on any atom is -0.444 e. The first-order chi connectivity index (χ1) is 7.20. The van der Waals surface area contributed by atoms with E-state index in [1.54, 1.807) is 4.90 Å². The summed E-state index contributed by atoms with van der Waals surface area (Å²) in [6, 6.07) is 0. The fourth-order valence-electron chi connectivity index (χ4n) is 1.76. The van der Waals surface area contributed by atoms with Gasteiger partial charge in [0.05, 0.1) is 0 Å². The highest BCUT2D eigenvalue weighted by Gasteiger charge is 2.28. The smallest absolute Gasteiger partial charge is 0.410 e.